The van der Waals surface area contributed by atoms with Crippen LogP contribution < -0.4 is 10.6 Å². The summed E-state index contributed by atoms with van der Waals surface area (Å²) in [7, 11) is 0. The topological polar surface area (TPSA) is 79.8 Å². The highest BCUT2D eigenvalue weighted by molar-refractivity contribution is 9.10. The third kappa shape index (κ3) is 4.45. The van der Waals surface area contributed by atoms with Crippen LogP contribution in [0.15, 0.2) is 58.2 Å². The molecular weight excluding hydrogens is 386 g/mol. The normalized spacial score (nSPS) is 15.9. The molecule has 0 saturated carbocycles. The smallest absolute Gasteiger partial charge is 0.268 e. The SMILES string of the molecule is CC(=O)Nc1ccc(NC(=O)[C@@H]2CC(c3cccc(Br)c3)=NO2)cc1. The molecule has 0 aliphatic carbocycles. The first kappa shape index (κ1) is 17.2. The number of hydrogen-bond donors (Lipinski definition) is 2. The number of hydrogen-bond acceptors (Lipinski definition) is 4. The first-order chi connectivity index (χ1) is 12.0. The highest BCUT2D eigenvalue weighted by Crippen LogP contribution is 2.21. The number of oxime groups is 1. The third-order valence-electron chi connectivity index (χ3n) is 3.59. The van der Waals surface area contributed by atoms with E-state index in [0.29, 0.717) is 17.8 Å². The van der Waals surface area contributed by atoms with Crippen molar-refractivity contribution >= 4 is 44.8 Å². The number of halogens is 1. The number of carbonyl (C=O) groups is 2. The van der Waals surface area contributed by atoms with Gasteiger partial charge in [0.05, 0.1) is 5.71 Å². The average Bonchev–Trinajstić information content (AvgIpc) is 3.06. The zero-order valence-electron chi connectivity index (χ0n) is 13.5. The van der Waals surface area contributed by atoms with Crippen LogP contribution in [0.4, 0.5) is 11.4 Å². The predicted octanol–water partition coefficient (Wildman–Crippen LogP) is 3.54. The summed E-state index contributed by atoms with van der Waals surface area (Å²) in [5.74, 6) is -0.408. The van der Waals surface area contributed by atoms with E-state index in [1.165, 1.54) is 6.92 Å². The quantitative estimate of drug-likeness (QED) is 0.821. The van der Waals surface area contributed by atoms with Crippen molar-refractivity contribution in [1.82, 2.24) is 0 Å². The van der Waals surface area contributed by atoms with Gasteiger partial charge in [-0.05, 0) is 36.4 Å². The number of rotatable bonds is 4. The van der Waals surface area contributed by atoms with Crippen LogP contribution in [-0.4, -0.2) is 23.6 Å². The monoisotopic (exact) mass is 401 g/mol. The second-order valence-corrected chi connectivity index (χ2v) is 6.51. The van der Waals surface area contributed by atoms with Gasteiger partial charge in [-0.25, -0.2) is 0 Å². The highest BCUT2D eigenvalue weighted by Gasteiger charge is 2.29. The molecule has 3 rings (SSSR count). The second-order valence-electron chi connectivity index (χ2n) is 5.59. The Kier molecular flexibility index (Phi) is 5.14. The van der Waals surface area contributed by atoms with Crippen LogP contribution in [0.1, 0.15) is 18.9 Å². The summed E-state index contributed by atoms with van der Waals surface area (Å²) in [4.78, 5) is 28.6. The second kappa shape index (κ2) is 7.48. The van der Waals surface area contributed by atoms with Crippen molar-refractivity contribution < 1.29 is 14.4 Å². The van der Waals surface area contributed by atoms with Gasteiger partial charge in [0.25, 0.3) is 5.91 Å². The van der Waals surface area contributed by atoms with Crippen molar-refractivity contribution in [1.29, 1.82) is 0 Å². The summed E-state index contributed by atoms with van der Waals surface area (Å²) in [5.41, 5.74) is 2.95. The zero-order chi connectivity index (χ0) is 17.8. The van der Waals surface area contributed by atoms with Gasteiger partial charge in [0.15, 0.2) is 0 Å². The largest absolute Gasteiger partial charge is 0.382 e. The Labute approximate surface area is 153 Å². The molecule has 2 amide bonds. The van der Waals surface area contributed by atoms with Gasteiger partial charge >= 0.3 is 0 Å². The predicted molar refractivity (Wildman–Crippen MR) is 99.5 cm³/mol. The summed E-state index contributed by atoms with van der Waals surface area (Å²) in [5, 5.41) is 9.48. The van der Waals surface area contributed by atoms with Crippen LogP contribution in [0.2, 0.25) is 0 Å². The van der Waals surface area contributed by atoms with Gasteiger partial charge in [0.2, 0.25) is 12.0 Å². The van der Waals surface area contributed by atoms with Crippen LogP contribution in [0.25, 0.3) is 0 Å². The fraction of sp³-hybridized carbons (Fsp3) is 0.167. The Hall–Kier alpha value is -2.67. The molecule has 25 heavy (non-hydrogen) atoms. The maximum Gasteiger partial charge on any atom is 0.268 e. The lowest BCUT2D eigenvalue weighted by atomic mass is 10.0. The highest BCUT2D eigenvalue weighted by atomic mass is 79.9. The number of benzene rings is 2. The van der Waals surface area contributed by atoms with Crippen LogP contribution in [0, 0.1) is 0 Å². The van der Waals surface area contributed by atoms with Gasteiger partial charge < -0.3 is 15.5 Å². The van der Waals surface area contributed by atoms with E-state index in [2.05, 4.69) is 31.7 Å². The number of anilines is 2. The van der Waals surface area contributed by atoms with Gasteiger partial charge in [0, 0.05) is 34.8 Å². The van der Waals surface area contributed by atoms with Gasteiger partial charge in [-0.2, -0.15) is 0 Å². The maximum atomic E-state index is 12.3. The lowest BCUT2D eigenvalue weighted by molar-refractivity contribution is -0.125. The number of carbonyl (C=O) groups excluding carboxylic acids is 2. The number of nitrogens with zero attached hydrogens (tertiary/aromatic N) is 1. The molecule has 2 N–H and O–H groups in total. The Morgan fingerprint density at radius 2 is 1.80 bits per heavy atom. The average molecular weight is 402 g/mol. The molecule has 6 nitrogen and oxygen atoms in total. The molecule has 0 radical (unpaired) electrons. The third-order valence-corrected chi connectivity index (χ3v) is 4.09. The molecule has 1 aliphatic rings. The summed E-state index contributed by atoms with van der Waals surface area (Å²) < 4.78 is 0.944. The molecule has 0 saturated heterocycles. The van der Waals surface area contributed by atoms with Crippen LogP contribution in [-0.2, 0) is 14.4 Å². The first-order valence-corrected chi connectivity index (χ1v) is 8.48. The fourth-order valence-corrected chi connectivity index (χ4v) is 2.82. The van der Waals surface area contributed by atoms with Crippen LogP contribution >= 0.6 is 15.9 Å². The van der Waals surface area contributed by atoms with Crippen molar-refractivity contribution in [2.24, 2.45) is 5.16 Å². The van der Waals surface area contributed by atoms with E-state index < -0.39 is 6.10 Å². The molecule has 1 aliphatic heterocycles. The van der Waals surface area contributed by atoms with Crippen LogP contribution in [0.5, 0.6) is 0 Å². The molecule has 1 atom stereocenters. The molecule has 0 spiro atoms. The fourth-order valence-electron chi connectivity index (χ4n) is 2.42. The van der Waals surface area contributed by atoms with Crippen molar-refractivity contribution in [3.05, 3.63) is 58.6 Å². The van der Waals surface area contributed by atoms with E-state index in [-0.39, 0.29) is 11.8 Å². The van der Waals surface area contributed by atoms with Crippen molar-refractivity contribution in [2.75, 3.05) is 10.6 Å². The minimum absolute atomic E-state index is 0.145. The van der Waals surface area contributed by atoms with Crippen molar-refractivity contribution in [2.45, 2.75) is 19.4 Å². The van der Waals surface area contributed by atoms with Crippen LogP contribution in [0.3, 0.4) is 0 Å². The minimum Gasteiger partial charge on any atom is -0.382 e. The molecule has 0 aromatic heterocycles. The first-order valence-electron chi connectivity index (χ1n) is 7.68. The maximum absolute atomic E-state index is 12.3. The lowest BCUT2D eigenvalue weighted by Crippen LogP contribution is -2.28. The molecule has 2 aromatic carbocycles. The minimum atomic E-state index is -0.663. The molecule has 0 unspecified atom stereocenters. The Bertz CT molecular complexity index is 834. The van der Waals surface area contributed by atoms with E-state index >= 15 is 0 Å². The summed E-state index contributed by atoms with van der Waals surface area (Å²) in [6, 6.07) is 14.6. The summed E-state index contributed by atoms with van der Waals surface area (Å²) in [6.07, 6.45) is -0.254. The van der Waals surface area contributed by atoms with Gasteiger partial charge in [0.1, 0.15) is 0 Å². The molecule has 7 heteroatoms. The molecule has 0 fully saturated rings. The van der Waals surface area contributed by atoms with E-state index in [4.69, 9.17) is 4.84 Å². The number of nitrogens with one attached hydrogen (secondary N) is 2. The zero-order valence-corrected chi connectivity index (χ0v) is 15.0. The number of amides is 2. The van der Waals surface area contributed by atoms with Crippen molar-refractivity contribution in [3.8, 4) is 0 Å². The van der Waals surface area contributed by atoms with E-state index in [1.807, 2.05) is 24.3 Å². The van der Waals surface area contributed by atoms with E-state index in [9.17, 15) is 9.59 Å². The van der Waals surface area contributed by atoms with Gasteiger partial charge in [-0.3, -0.25) is 9.59 Å². The van der Waals surface area contributed by atoms with E-state index in [1.54, 1.807) is 24.3 Å². The molecule has 2 aromatic rings. The summed E-state index contributed by atoms with van der Waals surface area (Å²) in [6.45, 7) is 1.44. The Morgan fingerprint density at radius 1 is 1.12 bits per heavy atom. The van der Waals surface area contributed by atoms with Crippen molar-refractivity contribution in [3.63, 3.8) is 0 Å². The molecule has 0 bridgehead atoms. The standard InChI is InChI=1S/C18H16BrN3O3/c1-11(23)20-14-5-7-15(8-6-14)21-18(24)17-10-16(22-25-17)12-3-2-4-13(19)9-12/h2-9,17H,10H2,1H3,(H,20,23)(H,21,24)/t17-/m0/s1. The molecule has 1 heterocycles. The molecule has 128 valence electrons. The Morgan fingerprint density at radius 3 is 2.44 bits per heavy atom. The van der Waals surface area contributed by atoms with E-state index in [0.717, 1.165) is 15.7 Å². The van der Waals surface area contributed by atoms with Gasteiger partial charge in [-0.15, -0.1) is 0 Å². The van der Waals surface area contributed by atoms with Gasteiger partial charge in [-0.1, -0.05) is 33.2 Å². The Balaban J connectivity index is 1.59. The summed E-state index contributed by atoms with van der Waals surface area (Å²) >= 11 is 3.42. The molecular formula is C18H16BrN3O3. The lowest BCUT2D eigenvalue weighted by Gasteiger charge is -2.10.